The number of rotatable bonds is 9. The third-order valence-corrected chi connectivity index (χ3v) is 5.58. The third kappa shape index (κ3) is 7.06. The molecule has 29 heavy (non-hydrogen) atoms. The summed E-state index contributed by atoms with van der Waals surface area (Å²) in [4.78, 5) is 27.4. The Morgan fingerprint density at radius 1 is 1.07 bits per heavy atom. The lowest BCUT2D eigenvalue weighted by atomic mass is 10.1. The summed E-state index contributed by atoms with van der Waals surface area (Å²) >= 11 is 12.3. The van der Waals surface area contributed by atoms with Gasteiger partial charge in [-0.25, -0.2) is 0 Å². The highest BCUT2D eigenvalue weighted by Gasteiger charge is 2.27. The van der Waals surface area contributed by atoms with Crippen LogP contribution in [0.15, 0.2) is 48.5 Å². The first-order valence-electron chi connectivity index (χ1n) is 9.89. The summed E-state index contributed by atoms with van der Waals surface area (Å²) in [6.07, 6.45) is 1.75. The van der Waals surface area contributed by atoms with Crippen molar-refractivity contribution in [3.63, 3.8) is 0 Å². The molecule has 2 unspecified atom stereocenters. The van der Waals surface area contributed by atoms with Crippen molar-refractivity contribution in [2.24, 2.45) is 0 Å². The SMILES string of the molecule is CCC(C)NC(=O)C(C)N(Cc1ccc(Cl)cc1Cl)C(=O)CCc1ccccc1. The number of halogens is 2. The van der Waals surface area contributed by atoms with Crippen molar-refractivity contribution < 1.29 is 9.59 Å². The van der Waals surface area contributed by atoms with Gasteiger partial charge in [-0.05, 0) is 49.9 Å². The van der Waals surface area contributed by atoms with Crippen molar-refractivity contribution >= 4 is 35.0 Å². The monoisotopic (exact) mass is 434 g/mol. The third-order valence-electron chi connectivity index (χ3n) is 4.99. The highest BCUT2D eigenvalue weighted by Crippen LogP contribution is 2.23. The van der Waals surface area contributed by atoms with E-state index in [-0.39, 0.29) is 24.4 Å². The highest BCUT2D eigenvalue weighted by atomic mass is 35.5. The molecule has 4 nitrogen and oxygen atoms in total. The molecule has 0 aliphatic carbocycles. The number of amides is 2. The van der Waals surface area contributed by atoms with Gasteiger partial charge in [0, 0.05) is 29.1 Å². The van der Waals surface area contributed by atoms with E-state index < -0.39 is 6.04 Å². The van der Waals surface area contributed by atoms with Gasteiger partial charge in [-0.3, -0.25) is 9.59 Å². The Morgan fingerprint density at radius 3 is 2.38 bits per heavy atom. The van der Waals surface area contributed by atoms with Crippen LogP contribution >= 0.6 is 23.2 Å². The number of carbonyl (C=O) groups is 2. The number of carbonyl (C=O) groups excluding carboxylic acids is 2. The predicted octanol–water partition coefficient (Wildman–Crippen LogP) is 5.26. The van der Waals surface area contributed by atoms with E-state index >= 15 is 0 Å². The fraction of sp³-hybridized carbons (Fsp3) is 0.391. The molecule has 0 bridgehead atoms. The van der Waals surface area contributed by atoms with Gasteiger partial charge in [-0.1, -0.05) is 66.5 Å². The second kappa shape index (κ2) is 11.2. The molecule has 156 valence electrons. The molecule has 0 aliphatic rings. The molecule has 6 heteroatoms. The van der Waals surface area contributed by atoms with Gasteiger partial charge >= 0.3 is 0 Å². The van der Waals surface area contributed by atoms with Gasteiger partial charge in [-0.15, -0.1) is 0 Å². The van der Waals surface area contributed by atoms with Crippen molar-refractivity contribution in [2.75, 3.05) is 0 Å². The second-order valence-corrected chi connectivity index (χ2v) is 8.08. The first-order chi connectivity index (χ1) is 13.8. The summed E-state index contributed by atoms with van der Waals surface area (Å²) in [7, 11) is 0. The molecular formula is C23H28Cl2N2O2. The van der Waals surface area contributed by atoms with Crippen molar-refractivity contribution in [3.8, 4) is 0 Å². The van der Waals surface area contributed by atoms with Crippen molar-refractivity contribution in [2.45, 2.75) is 58.7 Å². The Balaban J connectivity index is 2.18. The Morgan fingerprint density at radius 2 is 1.76 bits per heavy atom. The second-order valence-electron chi connectivity index (χ2n) is 7.24. The maximum Gasteiger partial charge on any atom is 0.242 e. The zero-order chi connectivity index (χ0) is 21.4. The minimum absolute atomic E-state index is 0.0466. The molecule has 0 saturated heterocycles. The summed E-state index contributed by atoms with van der Waals surface area (Å²) in [5.41, 5.74) is 1.84. The predicted molar refractivity (Wildman–Crippen MR) is 119 cm³/mol. The molecule has 2 atom stereocenters. The fourth-order valence-corrected chi connectivity index (χ4v) is 3.39. The average molecular weight is 435 g/mol. The van der Waals surface area contributed by atoms with Gasteiger partial charge in [0.25, 0.3) is 0 Å². The number of nitrogens with zero attached hydrogens (tertiary/aromatic N) is 1. The number of nitrogens with one attached hydrogen (secondary N) is 1. The minimum atomic E-state index is -0.612. The van der Waals surface area contributed by atoms with Crippen molar-refractivity contribution in [3.05, 3.63) is 69.7 Å². The molecule has 0 spiro atoms. The first-order valence-corrected chi connectivity index (χ1v) is 10.6. The number of aryl methyl sites for hydroxylation is 1. The number of hydrogen-bond donors (Lipinski definition) is 1. The van der Waals surface area contributed by atoms with Gasteiger partial charge in [0.15, 0.2) is 0 Å². The molecular weight excluding hydrogens is 407 g/mol. The summed E-state index contributed by atoms with van der Waals surface area (Å²) in [6.45, 7) is 5.95. The van der Waals surface area contributed by atoms with E-state index in [4.69, 9.17) is 23.2 Å². The largest absolute Gasteiger partial charge is 0.352 e. The zero-order valence-electron chi connectivity index (χ0n) is 17.1. The first kappa shape index (κ1) is 23.2. The van der Waals surface area contributed by atoms with Crippen LogP contribution in [0.25, 0.3) is 0 Å². The van der Waals surface area contributed by atoms with Gasteiger partial charge in [-0.2, -0.15) is 0 Å². The number of benzene rings is 2. The van der Waals surface area contributed by atoms with E-state index in [0.29, 0.717) is 22.9 Å². The quantitative estimate of drug-likeness (QED) is 0.584. The van der Waals surface area contributed by atoms with Crippen molar-refractivity contribution in [1.82, 2.24) is 10.2 Å². The Labute approximate surface area is 183 Å². The highest BCUT2D eigenvalue weighted by molar-refractivity contribution is 6.35. The summed E-state index contributed by atoms with van der Waals surface area (Å²) in [5, 5.41) is 3.97. The standard InChI is InChI=1S/C23H28Cl2N2O2/c1-4-16(2)26-23(29)17(3)27(15-19-11-12-20(24)14-21(19)25)22(28)13-10-18-8-6-5-7-9-18/h5-9,11-12,14,16-17H,4,10,13,15H2,1-3H3,(H,26,29). The van der Waals surface area contributed by atoms with E-state index in [1.807, 2.05) is 44.2 Å². The molecule has 0 saturated carbocycles. The fourth-order valence-electron chi connectivity index (χ4n) is 2.92. The van der Waals surface area contributed by atoms with Crippen LogP contribution in [0.2, 0.25) is 10.0 Å². The van der Waals surface area contributed by atoms with E-state index in [9.17, 15) is 9.59 Å². The topological polar surface area (TPSA) is 49.4 Å². The lowest BCUT2D eigenvalue weighted by Crippen LogP contribution is -2.49. The Kier molecular flexibility index (Phi) is 8.99. The van der Waals surface area contributed by atoms with Gasteiger partial charge in [0.05, 0.1) is 0 Å². The van der Waals surface area contributed by atoms with E-state index in [2.05, 4.69) is 5.32 Å². The van der Waals surface area contributed by atoms with Gasteiger partial charge < -0.3 is 10.2 Å². The lowest BCUT2D eigenvalue weighted by Gasteiger charge is -2.30. The van der Waals surface area contributed by atoms with Gasteiger partial charge in [0.1, 0.15) is 6.04 Å². The van der Waals surface area contributed by atoms with Crippen molar-refractivity contribution in [1.29, 1.82) is 0 Å². The molecule has 0 fully saturated rings. The summed E-state index contributed by atoms with van der Waals surface area (Å²) in [5.74, 6) is -0.260. The molecule has 0 radical (unpaired) electrons. The van der Waals surface area contributed by atoms with Crippen LogP contribution in [0.3, 0.4) is 0 Å². The Hall–Kier alpha value is -2.04. The molecule has 2 aromatic rings. The molecule has 0 heterocycles. The number of hydrogen-bond acceptors (Lipinski definition) is 2. The van der Waals surface area contributed by atoms with Crippen LogP contribution in [-0.2, 0) is 22.6 Å². The lowest BCUT2D eigenvalue weighted by molar-refractivity contribution is -0.140. The van der Waals surface area contributed by atoms with E-state index in [1.54, 1.807) is 30.0 Å². The van der Waals surface area contributed by atoms with Crippen LogP contribution in [0.4, 0.5) is 0 Å². The maximum atomic E-state index is 13.1. The van der Waals surface area contributed by atoms with Crippen LogP contribution in [0.5, 0.6) is 0 Å². The van der Waals surface area contributed by atoms with Crippen LogP contribution < -0.4 is 5.32 Å². The molecule has 2 rings (SSSR count). The smallest absolute Gasteiger partial charge is 0.242 e. The van der Waals surface area contributed by atoms with Gasteiger partial charge in [0.2, 0.25) is 11.8 Å². The van der Waals surface area contributed by atoms with E-state index in [0.717, 1.165) is 17.5 Å². The van der Waals surface area contributed by atoms with E-state index in [1.165, 1.54) is 0 Å². The Bertz CT molecular complexity index is 827. The van der Waals surface area contributed by atoms with Crippen LogP contribution in [0, 0.1) is 0 Å². The molecule has 1 N–H and O–H groups in total. The summed E-state index contributed by atoms with van der Waals surface area (Å²) < 4.78 is 0. The van der Waals surface area contributed by atoms with Crippen LogP contribution in [0.1, 0.15) is 44.7 Å². The van der Waals surface area contributed by atoms with Crippen LogP contribution in [-0.4, -0.2) is 28.8 Å². The maximum absolute atomic E-state index is 13.1. The minimum Gasteiger partial charge on any atom is -0.352 e. The molecule has 0 aliphatic heterocycles. The average Bonchev–Trinajstić information content (AvgIpc) is 2.71. The molecule has 0 aromatic heterocycles. The normalized spacial score (nSPS) is 12.9. The zero-order valence-corrected chi connectivity index (χ0v) is 18.6. The summed E-state index contributed by atoms with van der Waals surface area (Å²) in [6, 6.07) is 14.4. The molecule has 2 amide bonds. The molecule has 2 aromatic carbocycles.